The summed E-state index contributed by atoms with van der Waals surface area (Å²) in [5.74, 6) is 0. The molecule has 0 aliphatic carbocycles. The van der Waals surface area contributed by atoms with E-state index in [0.29, 0.717) is 0 Å². The Hall–Kier alpha value is -0.520. The van der Waals surface area contributed by atoms with Gasteiger partial charge in [0, 0.05) is 0 Å². The summed E-state index contributed by atoms with van der Waals surface area (Å²) >= 11 is 0. The Morgan fingerprint density at radius 2 is 2.00 bits per heavy atom. The van der Waals surface area contributed by atoms with Crippen LogP contribution in [-0.4, -0.2) is 0 Å². The molecule has 0 N–H and O–H groups in total. The highest BCUT2D eigenvalue weighted by molar-refractivity contribution is 5.04. The van der Waals surface area contributed by atoms with E-state index >= 15 is 0 Å². The molecule has 0 radical (unpaired) electrons. The van der Waals surface area contributed by atoms with Gasteiger partial charge in [-0.15, -0.1) is 0 Å². The molecule has 52 valence electrons. The second kappa shape index (κ2) is 4.37. The van der Waals surface area contributed by atoms with E-state index in [2.05, 4.69) is 33.4 Å². The quantitative estimate of drug-likeness (QED) is 0.506. The largest absolute Gasteiger partial charge is 0.0996 e. The molecule has 0 nitrogen and oxygen atoms in total. The van der Waals surface area contributed by atoms with Gasteiger partial charge in [-0.3, -0.25) is 0 Å². The molecule has 0 saturated heterocycles. The standard InChI is InChI=1S/C9H16/c1-5-9(4)7-6-8(2)3/h6H,4-5,7H2,1-3H3. The zero-order valence-electron chi connectivity index (χ0n) is 6.70. The first-order valence-electron chi connectivity index (χ1n) is 3.46. The minimum absolute atomic E-state index is 1.05. The fraction of sp³-hybridized carbons (Fsp3) is 0.556. The van der Waals surface area contributed by atoms with Crippen LogP contribution in [0.3, 0.4) is 0 Å². The Labute approximate surface area is 58.3 Å². The monoisotopic (exact) mass is 124 g/mol. The van der Waals surface area contributed by atoms with Gasteiger partial charge < -0.3 is 0 Å². The highest BCUT2D eigenvalue weighted by Crippen LogP contribution is 2.05. The molecule has 0 fully saturated rings. The Bertz CT molecular complexity index is 114. The fourth-order valence-electron chi connectivity index (χ4n) is 0.493. The highest BCUT2D eigenvalue weighted by atomic mass is 13.9. The number of hydrogen-bond donors (Lipinski definition) is 0. The fourth-order valence-corrected chi connectivity index (χ4v) is 0.493. The third-order valence-electron chi connectivity index (χ3n) is 1.30. The van der Waals surface area contributed by atoms with Gasteiger partial charge in [0.15, 0.2) is 0 Å². The lowest BCUT2D eigenvalue weighted by atomic mass is 10.1. The van der Waals surface area contributed by atoms with E-state index in [4.69, 9.17) is 0 Å². The summed E-state index contributed by atoms with van der Waals surface area (Å²) in [6.45, 7) is 10.3. The molecule has 0 aliphatic heterocycles. The molecular weight excluding hydrogens is 108 g/mol. The molecule has 0 aromatic rings. The first-order chi connectivity index (χ1) is 4.16. The SMILES string of the molecule is C=C(CC)CC=C(C)C. The van der Waals surface area contributed by atoms with Gasteiger partial charge in [-0.1, -0.05) is 30.7 Å². The zero-order valence-corrected chi connectivity index (χ0v) is 6.70. The summed E-state index contributed by atoms with van der Waals surface area (Å²) in [7, 11) is 0. The minimum Gasteiger partial charge on any atom is -0.0996 e. The number of rotatable bonds is 3. The zero-order chi connectivity index (χ0) is 7.28. The van der Waals surface area contributed by atoms with Gasteiger partial charge in [0.1, 0.15) is 0 Å². The maximum Gasteiger partial charge on any atom is -0.0139 e. The van der Waals surface area contributed by atoms with Crippen molar-refractivity contribution in [2.45, 2.75) is 33.6 Å². The van der Waals surface area contributed by atoms with Crippen molar-refractivity contribution in [1.29, 1.82) is 0 Å². The summed E-state index contributed by atoms with van der Waals surface area (Å²) < 4.78 is 0. The van der Waals surface area contributed by atoms with Crippen molar-refractivity contribution in [2.75, 3.05) is 0 Å². The maximum absolute atomic E-state index is 3.90. The van der Waals surface area contributed by atoms with E-state index in [1.807, 2.05) is 0 Å². The van der Waals surface area contributed by atoms with Crippen LogP contribution >= 0.6 is 0 Å². The molecule has 9 heavy (non-hydrogen) atoms. The summed E-state index contributed by atoms with van der Waals surface area (Å²) in [6, 6.07) is 0. The predicted octanol–water partition coefficient (Wildman–Crippen LogP) is 3.31. The normalized spacial score (nSPS) is 8.78. The van der Waals surface area contributed by atoms with Crippen LogP contribution in [0.25, 0.3) is 0 Å². The van der Waals surface area contributed by atoms with Gasteiger partial charge in [0.2, 0.25) is 0 Å². The molecule has 0 amide bonds. The molecule has 0 unspecified atom stereocenters. The van der Waals surface area contributed by atoms with E-state index in [1.54, 1.807) is 0 Å². The average Bonchev–Trinajstić information content (AvgIpc) is 1.83. The number of hydrogen-bond acceptors (Lipinski definition) is 0. The van der Waals surface area contributed by atoms with Gasteiger partial charge in [0.25, 0.3) is 0 Å². The predicted molar refractivity (Wildman–Crippen MR) is 43.5 cm³/mol. The Morgan fingerprint density at radius 1 is 1.44 bits per heavy atom. The topological polar surface area (TPSA) is 0 Å². The van der Waals surface area contributed by atoms with Crippen LogP contribution in [0.2, 0.25) is 0 Å². The first-order valence-corrected chi connectivity index (χ1v) is 3.46. The highest BCUT2D eigenvalue weighted by Gasteiger charge is 1.84. The lowest BCUT2D eigenvalue weighted by Crippen LogP contribution is -1.74. The molecule has 0 spiro atoms. The van der Waals surface area contributed by atoms with Crippen LogP contribution in [0.1, 0.15) is 33.6 Å². The Kier molecular flexibility index (Phi) is 4.12. The summed E-state index contributed by atoms with van der Waals surface area (Å²) in [6.07, 6.45) is 4.37. The lowest BCUT2D eigenvalue weighted by Gasteiger charge is -1.95. The summed E-state index contributed by atoms with van der Waals surface area (Å²) in [5.41, 5.74) is 2.70. The van der Waals surface area contributed by atoms with Crippen LogP contribution in [0.15, 0.2) is 23.8 Å². The van der Waals surface area contributed by atoms with Crippen molar-refractivity contribution >= 4 is 0 Å². The van der Waals surface area contributed by atoms with Crippen molar-refractivity contribution < 1.29 is 0 Å². The van der Waals surface area contributed by atoms with Gasteiger partial charge in [-0.2, -0.15) is 0 Å². The molecule has 0 aromatic carbocycles. The van der Waals surface area contributed by atoms with Crippen molar-refractivity contribution in [1.82, 2.24) is 0 Å². The lowest BCUT2D eigenvalue weighted by molar-refractivity contribution is 1.03. The van der Waals surface area contributed by atoms with Crippen LogP contribution in [0.4, 0.5) is 0 Å². The van der Waals surface area contributed by atoms with E-state index in [0.717, 1.165) is 12.8 Å². The van der Waals surface area contributed by atoms with E-state index in [9.17, 15) is 0 Å². The van der Waals surface area contributed by atoms with Gasteiger partial charge in [0.05, 0.1) is 0 Å². The second-order valence-corrected chi connectivity index (χ2v) is 2.59. The van der Waals surface area contributed by atoms with Crippen LogP contribution in [-0.2, 0) is 0 Å². The van der Waals surface area contributed by atoms with Gasteiger partial charge in [-0.25, -0.2) is 0 Å². The minimum atomic E-state index is 1.05. The van der Waals surface area contributed by atoms with Crippen molar-refractivity contribution in [3.8, 4) is 0 Å². The van der Waals surface area contributed by atoms with Gasteiger partial charge in [-0.05, 0) is 26.7 Å². The third kappa shape index (κ3) is 5.35. The number of allylic oxidation sites excluding steroid dienone is 3. The molecule has 0 saturated carbocycles. The maximum atomic E-state index is 3.90. The average molecular weight is 124 g/mol. The molecule has 0 aliphatic rings. The third-order valence-corrected chi connectivity index (χ3v) is 1.30. The summed E-state index contributed by atoms with van der Waals surface area (Å²) in [4.78, 5) is 0. The molecular formula is C9H16. The molecule has 0 atom stereocenters. The first kappa shape index (κ1) is 8.48. The van der Waals surface area contributed by atoms with E-state index in [-0.39, 0.29) is 0 Å². The van der Waals surface area contributed by atoms with E-state index < -0.39 is 0 Å². The molecule has 0 bridgehead atoms. The Morgan fingerprint density at radius 3 is 2.33 bits per heavy atom. The molecule has 0 heteroatoms. The van der Waals surface area contributed by atoms with E-state index in [1.165, 1.54) is 11.1 Å². The van der Waals surface area contributed by atoms with Crippen LogP contribution in [0, 0.1) is 0 Å². The molecule has 0 heterocycles. The van der Waals surface area contributed by atoms with Gasteiger partial charge >= 0.3 is 0 Å². The Balaban J connectivity index is 3.50. The van der Waals surface area contributed by atoms with Crippen LogP contribution in [0.5, 0.6) is 0 Å². The second-order valence-electron chi connectivity index (χ2n) is 2.59. The van der Waals surface area contributed by atoms with Crippen LogP contribution < -0.4 is 0 Å². The van der Waals surface area contributed by atoms with Crippen molar-refractivity contribution in [3.05, 3.63) is 23.8 Å². The molecule has 0 rings (SSSR count). The molecule has 0 aromatic heterocycles. The van der Waals surface area contributed by atoms with Crippen molar-refractivity contribution in [3.63, 3.8) is 0 Å². The smallest absolute Gasteiger partial charge is 0.0139 e. The summed E-state index contributed by atoms with van der Waals surface area (Å²) in [5, 5.41) is 0. The van der Waals surface area contributed by atoms with Crippen molar-refractivity contribution in [2.24, 2.45) is 0 Å².